The van der Waals surface area contributed by atoms with Crippen molar-refractivity contribution in [3.8, 4) is 0 Å². The van der Waals surface area contributed by atoms with Crippen molar-refractivity contribution in [2.75, 3.05) is 0 Å². The second-order valence-electron chi connectivity index (χ2n) is 7.06. The summed E-state index contributed by atoms with van der Waals surface area (Å²) in [4.78, 5) is 0. The van der Waals surface area contributed by atoms with Gasteiger partial charge in [0.2, 0.25) is 0 Å². The predicted molar refractivity (Wildman–Crippen MR) is 108 cm³/mol. The topological polar surface area (TPSA) is 0 Å². The van der Waals surface area contributed by atoms with Crippen LogP contribution in [0.4, 0.5) is 0 Å². The molecule has 0 aromatic heterocycles. The highest BCUT2D eigenvalue weighted by atomic mass is 14.0. The average Bonchev–Trinajstić information content (AvgIpc) is 2.57. The van der Waals surface area contributed by atoms with Crippen molar-refractivity contribution in [1.82, 2.24) is 0 Å². The molecule has 0 aromatic rings. The van der Waals surface area contributed by atoms with Crippen LogP contribution in [0.2, 0.25) is 0 Å². The molecular formula is C23H44. The summed E-state index contributed by atoms with van der Waals surface area (Å²) in [6, 6.07) is 0. The van der Waals surface area contributed by atoms with Gasteiger partial charge in [-0.1, -0.05) is 122 Å². The number of rotatable bonds is 19. The quantitative estimate of drug-likeness (QED) is 0.165. The molecule has 0 atom stereocenters. The van der Waals surface area contributed by atoms with Crippen molar-refractivity contribution in [1.29, 1.82) is 0 Å². The highest BCUT2D eigenvalue weighted by molar-refractivity contribution is 4.81. The maximum atomic E-state index is 3.90. The smallest absolute Gasteiger partial charge is 0.0351 e. The molecule has 0 aromatic carbocycles. The summed E-state index contributed by atoms with van der Waals surface area (Å²) in [6.45, 7) is 7.77. The predicted octanol–water partition coefficient (Wildman–Crippen LogP) is 8.62. The van der Waals surface area contributed by atoms with E-state index in [-0.39, 0.29) is 0 Å². The lowest BCUT2D eigenvalue weighted by molar-refractivity contribution is 0.537. The lowest BCUT2D eigenvalue weighted by atomic mass is 10.0. The molecule has 0 saturated carbocycles. The van der Waals surface area contributed by atoms with E-state index in [1.807, 2.05) is 0 Å². The molecule has 0 bridgehead atoms. The fraction of sp³-hybridized carbons (Fsp3) is 0.826. The van der Waals surface area contributed by atoms with Crippen LogP contribution in [0.3, 0.4) is 0 Å². The molecule has 0 fully saturated rings. The summed E-state index contributed by atoms with van der Waals surface area (Å²) in [5.41, 5.74) is 0. The van der Waals surface area contributed by atoms with Crippen LogP contribution in [0.5, 0.6) is 0 Å². The molecule has 0 spiro atoms. The average molecular weight is 321 g/mol. The van der Waals surface area contributed by atoms with Crippen LogP contribution in [-0.4, -0.2) is 0 Å². The lowest BCUT2D eigenvalue weighted by Gasteiger charge is -2.02. The summed E-state index contributed by atoms with van der Waals surface area (Å²) in [6.07, 6.45) is 30.7. The highest BCUT2D eigenvalue weighted by Gasteiger charge is 1.93. The van der Waals surface area contributed by atoms with Crippen LogP contribution in [-0.2, 0) is 0 Å². The molecular weight excluding hydrogens is 276 g/mol. The minimum Gasteiger partial charge on any atom is -0.0885 e. The minimum atomic E-state index is 1.09. The molecule has 0 heterocycles. The van der Waals surface area contributed by atoms with Gasteiger partial charge in [-0.05, 0) is 25.7 Å². The number of hydrogen-bond acceptors (Lipinski definition) is 0. The summed E-state index contributed by atoms with van der Waals surface area (Å²) in [5.74, 6) is 0. The van der Waals surface area contributed by atoms with Gasteiger partial charge in [-0.2, -0.15) is 0 Å². The normalized spacial score (nSPS) is 11.6. The Labute approximate surface area is 148 Å². The van der Waals surface area contributed by atoms with Crippen molar-refractivity contribution in [2.24, 2.45) is 0 Å². The first kappa shape index (κ1) is 22.7. The Bertz CT molecular complexity index is 216. The molecule has 0 N–H and O–H groups in total. The van der Waals surface area contributed by atoms with E-state index in [1.54, 1.807) is 0 Å². The fourth-order valence-corrected chi connectivity index (χ4v) is 3.06. The second-order valence-corrected chi connectivity index (χ2v) is 7.06. The largest absolute Gasteiger partial charge is 0.0885 e. The van der Waals surface area contributed by atoms with Gasteiger partial charge < -0.3 is 0 Å². The summed E-state index contributed by atoms with van der Waals surface area (Å²) < 4.78 is 0. The van der Waals surface area contributed by atoms with E-state index >= 15 is 0 Å². The van der Waals surface area contributed by atoms with E-state index in [4.69, 9.17) is 0 Å². The van der Waals surface area contributed by atoms with Gasteiger partial charge in [0.05, 0.1) is 0 Å². The van der Waals surface area contributed by atoms with Gasteiger partial charge in [0.1, 0.15) is 0 Å². The lowest BCUT2D eigenvalue weighted by Crippen LogP contribution is -1.83. The highest BCUT2D eigenvalue weighted by Crippen LogP contribution is 2.13. The molecule has 0 unspecified atom stereocenters. The molecule has 0 saturated heterocycles. The molecule has 136 valence electrons. The third-order valence-corrected chi connectivity index (χ3v) is 4.66. The van der Waals surface area contributed by atoms with E-state index in [0.717, 1.165) is 12.8 Å². The van der Waals surface area contributed by atoms with Gasteiger partial charge in [-0.3, -0.25) is 0 Å². The van der Waals surface area contributed by atoms with Crippen LogP contribution in [0, 0.1) is 13.8 Å². The van der Waals surface area contributed by atoms with Crippen LogP contribution < -0.4 is 0 Å². The molecule has 0 amide bonds. The van der Waals surface area contributed by atoms with E-state index in [0.29, 0.717) is 0 Å². The standard InChI is InChI=1S/C23H44/c1-3-5-7-9-11-13-15-17-19-21-23-22-20-18-16-14-12-10-8-6-4-2/h11,13H,1-10,12,14-23H2/b13-11+. The van der Waals surface area contributed by atoms with Crippen LogP contribution in [0.25, 0.3) is 0 Å². The van der Waals surface area contributed by atoms with Crippen molar-refractivity contribution < 1.29 is 0 Å². The molecule has 0 rings (SSSR count). The zero-order valence-corrected chi connectivity index (χ0v) is 16.0. The molecule has 0 heteroatoms. The molecule has 23 heavy (non-hydrogen) atoms. The monoisotopic (exact) mass is 320 g/mol. The van der Waals surface area contributed by atoms with Crippen LogP contribution in [0.1, 0.15) is 122 Å². The maximum Gasteiger partial charge on any atom is -0.0351 e. The first-order chi connectivity index (χ1) is 11.4. The zero-order valence-electron chi connectivity index (χ0n) is 16.0. The summed E-state index contributed by atoms with van der Waals surface area (Å²) >= 11 is 0. The Balaban J connectivity index is 3.00. The first-order valence-electron chi connectivity index (χ1n) is 10.6. The van der Waals surface area contributed by atoms with Gasteiger partial charge in [0.15, 0.2) is 0 Å². The van der Waals surface area contributed by atoms with Crippen molar-refractivity contribution >= 4 is 0 Å². The van der Waals surface area contributed by atoms with Gasteiger partial charge in [-0.15, -0.1) is 0 Å². The van der Waals surface area contributed by atoms with E-state index in [1.165, 1.54) is 109 Å². The van der Waals surface area contributed by atoms with E-state index < -0.39 is 0 Å². The van der Waals surface area contributed by atoms with Gasteiger partial charge in [-0.25, -0.2) is 0 Å². The molecule has 0 aliphatic rings. The van der Waals surface area contributed by atoms with Gasteiger partial charge in [0.25, 0.3) is 0 Å². The molecule has 0 aliphatic carbocycles. The Hall–Kier alpha value is -0.260. The molecule has 0 nitrogen and oxygen atoms in total. The summed E-state index contributed by atoms with van der Waals surface area (Å²) in [5, 5.41) is 0. The Morgan fingerprint density at radius 1 is 0.348 bits per heavy atom. The number of hydrogen-bond donors (Lipinski definition) is 0. The molecule has 0 aliphatic heterocycles. The van der Waals surface area contributed by atoms with Gasteiger partial charge in [0, 0.05) is 0 Å². The Morgan fingerprint density at radius 3 is 1.00 bits per heavy atom. The van der Waals surface area contributed by atoms with Crippen molar-refractivity contribution in [3.05, 3.63) is 26.0 Å². The van der Waals surface area contributed by atoms with Crippen molar-refractivity contribution in [3.63, 3.8) is 0 Å². The fourth-order valence-electron chi connectivity index (χ4n) is 3.06. The Kier molecular flexibility index (Phi) is 21.5. The van der Waals surface area contributed by atoms with E-state index in [2.05, 4.69) is 26.0 Å². The second kappa shape index (κ2) is 21.7. The van der Waals surface area contributed by atoms with Crippen molar-refractivity contribution in [2.45, 2.75) is 122 Å². The number of unbranched alkanes of at least 4 members (excludes halogenated alkanes) is 17. The maximum absolute atomic E-state index is 3.90. The third kappa shape index (κ3) is 21.7. The SMILES string of the molecule is [CH2]CCCC/C=C/CCCCCCCCCCCCCCC[CH2]. The Morgan fingerprint density at radius 2 is 0.609 bits per heavy atom. The van der Waals surface area contributed by atoms with Crippen LogP contribution in [0.15, 0.2) is 12.2 Å². The van der Waals surface area contributed by atoms with E-state index in [9.17, 15) is 0 Å². The third-order valence-electron chi connectivity index (χ3n) is 4.66. The first-order valence-corrected chi connectivity index (χ1v) is 10.6. The molecule has 2 radical (unpaired) electrons. The van der Waals surface area contributed by atoms with Crippen LogP contribution >= 0.6 is 0 Å². The minimum absolute atomic E-state index is 1.09. The summed E-state index contributed by atoms with van der Waals surface area (Å²) in [7, 11) is 0. The zero-order chi connectivity index (χ0) is 16.8. The number of allylic oxidation sites excluding steroid dienone is 2. The van der Waals surface area contributed by atoms with Gasteiger partial charge >= 0.3 is 0 Å².